The number of para-hydroxylation sites is 1. The summed E-state index contributed by atoms with van der Waals surface area (Å²) < 4.78 is 6.36. The molecule has 142 valence electrons. The second kappa shape index (κ2) is 10.0. The Balaban J connectivity index is 1.47. The minimum absolute atomic E-state index is 0.0554. The molecule has 2 aromatic carbocycles. The van der Waals surface area contributed by atoms with Crippen molar-refractivity contribution in [2.24, 2.45) is 0 Å². The van der Waals surface area contributed by atoms with Crippen LogP contribution < -0.4 is 5.32 Å². The maximum Gasteiger partial charge on any atom is 0.317 e. The summed E-state index contributed by atoms with van der Waals surface area (Å²) in [5.41, 5.74) is 2.16. The summed E-state index contributed by atoms with van der Waals surface area (Å²) >= 11 is 1.72. The molecular weight excluding hydrogens is 358 g/mol. The zero-order valence-corrected chi connectivity index (χ0v) is 16.4. The van der Waals surface area contributed by atoms with Crippen molar-refractivity contribution in [1.82, 2.24) is 15.2 Å². The lowest BCUT2D eigenvalue weighted by Gasteiger charge is -2.23. The fraction of sp³-hybridized carbons (Fsp3) is 0.333. The van der Waals surface area contributed by atoms with Gasteiger partial charge in [-0.25, -0.2) is 9.78 Å². The lowest BCUT2D eigenvalue weighted by Crippen LogP contribution is -2.41. The van der Waals surface area contributed by atoms with Crippen LogP contribution in [0.25, 0.3) is 10.2 Å². The van der Waals surface area contributed by atoms with Gasteiger partial charge in [0.05, 0.1) is 21.8 Å². The van der Waals surface area contributed by atoms with Gasteiger partial charge in [-0.3, -0.25) is 0 Å². The van der Waals surface area contributed by atoms with Crippen LogP contribution in [0.3, 0.4) is 0 Å². The highest BCUT2D eigenvalue weighted by molar-refractivity contribution is 7.18. The Labute approximate surface area is 164 Å². The largest absolute Gasteiger partial charge is 0.383 e. The topological polar surface area (TPSA) is 54.5 Å². The van der Waals surface area contributed by atoms with E-state index in [1.165, 1.54) is 4.70 Å². The van der Waals surface area contributed by atoms with Crippen molar-refractivity contribution in [3.63, 3.8) is 0 Å². The van der Waals surface area contributed by atoms with E-state index in [9.17, 15) is 4.79 Å². The first-order chi connectivity index (χ1) is 13.3. The number of urea groups is 1. The van der Waals surface area contributed by atoms with E-state index in [-0.39, 0.29) is 6.03 Å². The Kier molecular flexibility index (Phi) is 7.19. The number of aromatic nitrogens is 1. The number of amides is 2. The van der Waals surface area contributed by atoms with E-state index in [1.807, 2.05) is 48.5 Å². The molecule has 3 aromatic rings. The minimum atomic E-state index is -0.0554. The van der Waals surface area contributed by atoms with Crippen LogP contribution in [0.4, 0.5) is 4.79 Å². The van der Waals surface area contributed by atoms with Crippen molar-refractivity contribution >= 4 is 27.6 Å². The number of hydrogen-bond donors (Lipinski definition) is 1. The summed E-state index contributed by atoms with van der Waals surface area (Å²) in [7, 11) is 1.65. The van der Waals surface area contributed by atoms with E-state index in [0.29, 0.717) is 26.2 Å². The molecule has 6 heteroatoms. The van der Waals surface area contributed by atoms with Crippen LogP contribution in [0.5, 0.6) is 0 Å². The first-order valence-electron chi connectivity index (χ1n) is 9.16. The molecule has 0 atom stereocenters. The zero-order valence-electron chi connectivity index (χ0n) is 15.6. The molecule has 0 aliphatic heterocycles. The average Bonchev–Trinajstić information content (AvgIpc) is 3.12. The molecule has 0 radical (unpaired) electrons. The zero-order chi connectivity index (χ0) is 18.9. The molecule has 0 fully saturated rings. The predicted octanol–water partition coefficient (Wildman–Crippen LogP) is 4.09. The maximum absolute atomic E-state index is 12.6. The number of ether oxygens (including phenoxy) is 1. The molecule has 0 spiro atoms. The van der Waals surface area contributed by atoms with Gasteiger partial charge in [-0.1, -0.05) is 42.5 Å². The van der Waals surface area contributed by atoms with Crippen LogP contribution in [0, 0.1) is 0 Å². The number of fused-ring (bicyclic) bond motifs is 1. The molecule has 0 saturated heterocycles. The van der Waals surface area contributed by atoms with E-state index in [4.69, 9.17) is 4.74 Å². The number of carbonyl (C=O) groups excluding carboxylic acids is 1. The number of aryl methyl sites for hydroxylation is 1. The standard InChI is InChI=1S/C21H25N3O2S/c1-26-15-14-24(16-17-8-3-2-4-9-17)21(25)22-13-7-12-20-23-18-10-5-6-11-19(18)27-20/h2-6,8-11H,7,12-16H2,1H3,(H,22,25). The van der Waals surface area contributed by atoms with Gasteiger partial charge in [0.15, 0.2) is 0 Å². The van der Waals surface area contributed by atoms with Gasteiger partial charge in [0.25, 0.3) is 0 Å². The summed E-state index contributed by atoms with van der Waals surface area (Å²) in [6, 6.07) is 18.1. The fourth-order valence-electron chi connectivity index (χ4n) is 2.83. The molecule has 0 unspecified atom stereocenters. The SMILES string of the molecule is COCCN(Cc1ccccc1)C(=O)NCCCc1nc2ccccc2s1. The first kappa shape index (κ1) is 19.3. The van der Waals surface area contributed by atoms with Crippen molar-refractivity contribution in [2.75, 3.05) is 26.8 Å². The second-order valence-corrected chi connectivity index (χ2v) is 7.43. The van der Waals surface area contributed by atoms with Crippen LogP contribution in [0.2, 0.25) is 0 Å². The summed E-state index contributed by atoms with van der Waals surface area (Å²) in [5.74, 6) is 0. The van der Waals surface area contributed by atoms with Crippen LogP contribution >= 0.6 is 11.3 Å². The molecule has 0 aliphatic carbocycles. The Morgan fingerprint density at radius 3 is 2.70 bits per heavy atom. The van der Waals surface area contributed by atoms with Gasteiger partial charge in [-0.15, -0.1) is 11.3 Å². The van der Waals surface area contributed by atoms with Gasteiger partial charge in [0.1, 0.15) is 0 Å². The molecule has 0 saturated carbocycles. The number of hydrogen-bond acceptors (Lipinski definition) is 4. The normalized spacial score (nSPS) is 10.9. The highest BCUT2D eigenvalue weighted by atomic mass is 32.1. The number of benzene rings is 2. The highest BCUT2D eigenvalue weighted by Gasteiger charge is 2.13. The molecule has 27 heavy (non-hydrogen) atoms. The van der Waals surface area contributed by atoms with Gasteiger partial charge in [0, 0.05) is 33.2 Å². The second-order valence-electron chi connectivity index (χ2n) is 6.31. The third kappa shape index (κ3) is 5.77. The predicted molar refractivity (Wildman–Crippen MR) is 110 cm³/mol. The lowest BCUT2D eigenvalue weighted by atomic mass is 10.2. The summed E-state index contributed by atoms with van der Waals surface area (Å²) in [6.45, 7) is 2.29. The van der Waals surface area contributed by atoms with Crippen LogP contribution in [0.1, 0.15) is 17.0 Å². The van der Waals surface area contributed by atoms with Crippen molar-refractivity contribution in [2.45, 2.75) is 19.4 Å². The summed E-state index contributed by atoms with van der Waals surface area (Å²) in [4.78, 5) is 19.0. The van der Waals surface area contributed by atoms with Crippen molar-refractivity contribution in [1.29, 1.82) is 0 Å². The number of nitrogens with zero attached hydrogens (tertiary/aromatic N) is 2. The Bertz CT molecular complexity index is 818. The quantitative estimate of drug-likeness (QED) is 0.566. The van der Waals surface area contributed by atoms with Gasteiger partial charge < -0.3 is 15.0 Å². The molecule has 2 amide bonds. The number of rotatable bonds is 9. The summed E-state index contributed by atoms with van der Waals surface area (Å²) in [6.07, 6.45) is 1.74. The van der Waals surface area contributed by atoms with Gasteiger partial charge in [-0.2, -0.15) is 0 Å². The molecule has 0 aliphatic rings. The Hall–Kier alpha value is -2.44. The van der Waals surface area contributed by atoms with E-state index < -0.39 is 0 Å². The van der Waals surface area contributed by atoms with Gasteiger partial charge in [0.2, 0.25) is 0 Å². The number of thiazole rings is 1. The fourth-order valence-corrected chi connectivity index (χ4v) is 3.84. The van der Waals surface area contributed by atoms with Crippen LogP contribution in [-0.2, 0) is 17.7 Å². The number of methoxy groups -OCH3 is 1. The molecule has 1 N–H and O–H groups in total. The van der Waals surface area contributed by atoms with Crippen molar-refractivity contribution < 1.29 is 9.53 Å². The lowest BCUT2D eigenvalue weighted by molar-refractivity contribution is 0.146. The molecule has 5 nitrogen and oxygen atoms in total. The molecule has 0 bridgehead atoms. The molecule has 3 rings (SSSR count). The first-order valence-corrected chi connectivity index (χ1v) is 9.98. The van der Waals surface area contributed by atoms with Gasteiger partial charge in [-0.05, 0) is 24.1 Å². The smallest absolute Gasteiger partial charge is 0.317 e. The summed E-state index contributed by atoms with van der Waals surface area (Å²) in [5, 5.41) is 4.14. The van der Waals surface area contributed by atoms with E-state index >= 15 is 0 Å². The minimum Gasteiger partial charge on any atom is -0.383 e. The molecule has 1 aromatic heterocycles. The van der Waals surface area contributed by atoms with E-state index in [1.54, 1.807) is 23.3 Å². The number of carbonyl (C=O) groups is 1. The highest BCUT2D eigenvalue weighted by Crippen LogP contribution is 2.22. The maximum atomic E-state index is 12.6. The molecule has 1 heterocycles. The van der Waals surface area contributed by atoms with Crippen molar-refractivity contribution in [3.8, 4) is 0 Å². The van der Waals surface area contributed by atoms with Gasteiger partial charge >= 0.3 is 6.03 Å². The Morgan fingerprint density at radius 2 is 1.93 bits per heavy atom. The monoisotopic (exact) mass is 383 g/mol. The van der Waals surface area contributed by atoms with Crippen LogP contribution in [0.15, 0.2) is 54.6 Å². The third-order valence-electron chi connectivity index (χ3n) is 4.25. The van der Waals surface area contributed by atoms with Crippen molar-refractivity contribution in [3.05, 3.63) is 65.2 Å². The Morgan fingerprint density at radius 1 is 1.15 bits per heavy atom. The van der Waals surface area contributed by atoms with E-state index in [2.05, 4.69) is 16.4 Å². The third-order valence-corrected chi connectivity index (χ3v) is 5.35. The molecular formula is C21H25N3O2S. The average molecular weight is 384 g/mol. The number of nitrogens with one attached hydrogen (secondary N) is 1. The van der Waals surface area contributed by atoms with E-state index in [0.717, 1.165) is 28.9 Å². The van der Waals surface area contributed by atoms with Crippen LogP contribution in [-0.4, -0.2) is 42.7 Å².